The van der Waals surface area contributed by atoms with Crippen molar-refractivity contribution in [3.8, 4) is 17.6 Å². The number of ether oxygens (including phenoxy) is 3. The van der Waals surface area contributed by atoms with Crippen LogP contribution in [0.5, 0.6) is 11.5 Å². The van der Waals surface area contributed by atoms with Gasteiger partial charge in [-0.2, -0.15) is 18.4 Å². The maximum Gasteiger partial charge on any atom is 0.426 e. The van der Waals surface area contributed by atoms with E-state index in [9.17, 15) is 33.3 Å². The second-order valence-electron chi connectivity index (χ2n) is 11.3. The molecule has 2 aromatic carbocycles. The third kappa shape index (κ3) is 10.0. The summed E-state index contributed by atoms with van der Waals surface area (Å²) in [6.07, 6.45) is -3.44. The summed E-state index contributed by atoms with van der Waals surface area (Å²) in [4.78, 5) is 31.1. The molecule has 1 saturated carbocycles. The van der Waals surface area contributed by atoms with Crippen LogP contribution < -0.4 is 4.74 Å². The number of esters is 1. The third-order valence-corrected chi connectivity index (χ3v) is 8.89. The molecule has 2 aliphatic rings. The van der Waals surface area contributed by atoms with Crippen molar-refractivity contribution < 1.29 is 37.2 Å². The fourth-order valence-corrected chi connectivity index (χ4v) is 6.06. The Bertz CT molecular complexity index is 1750. The van der Waals surface area contributed by atoms with Gasteiger partial charge < -0.3 is 24.0 Å². The molecule has 0 unspecified atom stereocenters. The molecule has 260 valence electrons. The molecule has 18 heteroatoms. The van der Waals surface area contributed by atoms with Crippen molar-refractivity contribution in [2.24, 2.45) is 22.4 Å². The van der Waals surface area contributed by atoms with Gasteiger partial charge in [0.2, 0.25) is 6.10 Å². The number of guanidine groups is 1. The summed E-state index contributed by atoms with van der Waals surface area (Å²) in [5.41, 5.74) is -0.371. The molecular weight excluding hydrogens is 712 g/mol. The molecule has 3 aromatic rings. The van der Waals surface area contributed by atoms with Crippen LogP contribution in [-0.2, 0) is 20.8 Å². The van der Waals surface area contributed by atoms with Gasteiger partial charge in [0.1, 0.15) is 41.2 Å². The molecule has 2 fully saturated rings. The number of para-hydroxylation sites is 1. The lowest BCUT2D eigenvalue weighted by atomic mass is 10.1. The molecule has 0 amide bonds. The highest BCUT2D eigenvalue weighted by molar-refractivity contribution is 7.15. The predicted molar refractivity (Wildman–Crippen MR) is 174 cm³/mol. The maximum atomic E-state index is 12.7. The molecule has 1 aromatic heterocycles. The molecule has 1 aliphatic carbocycles. The fourth-order valence-electron chi connectivity index (χ4n) is 4.93. The van der Waals surface area contributed by atoms with E-state index < -0.39 is 45.6 Å². The maximum absolute atomic E-state index is 12.7. The Balaban J connectivity index is 0.000000254. The van der Waals surface area contributed by atoms with Crippen LogP contribution in [0.15, 0.2) is 77.0 Å². The predicted octanol–water partition coefficient (Wildman–Crippen LogP) is 7.57. The number of hydrazone groups is 1. The van der Waals surface area contributed by atoms with E-state index in [4.69, 9.17) is 37.4 Å². The van der Waals surface area contributed by atoms with E-state index in [2.05, 4.69) is 10.1 Å². The molecule has 0 radical (unpaired) electrons. The van der Waals surface area contributed by atoms with Crippen molar-refractivity contribution in [3.05, 3.63) is 96.9 Å². The number of nitriles is 1. The summed E-state index contributed by atoms with van der Waals surface area (Å²) in [6.45, 7) is 4.23. The number of carbonyl (C=O) groups excluding carboxylic acids is 1. The molecule has 49 heavy (non-hydrogen) atoms. The minimum Gasteiger partial charge on any atom is -0.457 e. The van der Waals surface area contributed by atoms with Crippen molar-refractivity contribution in [1.82, 2.24) is 14.8 Å². The number of hydrogen-bond acceptors (Lipinski definition) is 9. The normalized spacial score (nSPS) is 20.1. The number of nitrogens with zero attached hydrogens (tertiary/aromatic N) is 6. The van der Waals surface area contributed by atoms with Gasteiger partial charge in [0.15, 0.2) is 9.50 Å². The van der Waals surface area contributed by atoms with Crippen LogP contribution in [0.4, 0.5) is 13.2 Å². The number of thiazole rings is 1. The van der Waals surface area contributed by atoms with Crippen LogP contribution in [0.2, 0.25) is 4.47 Å². The monoisotopic (exact) mass is 740 g/mol. The quantitative estimate of drug-likeness (QED) is 0.122. The SMILES string of the molecule is CC1(C)[C@H](C(=O)O[C@H](C#N)c2cccc(Oc3ccccc3)c2)[C@@H]1/C=C(\Cl)C(F)(F)F.CN1COCN(Cc2cnc(Cl)s2)/C1=N\[N+](=O)[O-]. The van der Waals surface area contributed by atoms with Gasteiger partial charge in [-0.25, -0.2) is 15.1 Å². The molecule has 1 saturated heterocycles. The van der Waals surface area contributed by atoms with Gasteiger partial charge >= 0.3 is 12.1 Å². The first kappa shape index (κ1) is 37.4. The van der Waals surface area contributed by atoms with E-state index in [-0.39, 0.29) is 19.4 Å². The van der Waals surface area contributed by atoms with Crippen molar-refractivity contribution in [2.75, 3.05) is 20.5 Å². The number of nitro groups is 1. The molecule has 1 aliphatic heterocycles. The smallest absolute Gasteiger partial charge is 0.426 e. The first-order chi connectivity index (χ1) is 23.1. The lowest BCUT2D eigenvalue weighted by Gasteiger charge is -2.34. The number of carbonyl (C=O) groups is 1. The molecule has 0 bridgehead atoms. The Kier molecular flexibility index (Phi) is 12.1. The highest BCUT2D eigenvalue weighted by Gasteiger charge is 2.62. The number of hydrogen-bond donors (Lipinski definition) is 0. The number of rotatable bonds is 9. The van der Waals surface area contributed by atoms with Crippen molar-refractivity contribution in [1.29, 1.82) is 5.26 Å². The highest BCUT2D eigenvalue weighted by atomic mass is 35.5. The van der Waals surface area contributed by atoms with E-state index >= 15 is 0 Å². The second-order valence-corrected chi connectivity index (χ2v) is 13.5. The lowest BCUT2D eigenvalue weighted by Crippen LogP contribution is -2.49. The van der Waals surface area contributed by atoms with E-state index in [1.807, 2.05) is 24.3 Å². The van der Waals surface area contributed by atoms with Gasteiger partial charge in [0.25, 0.3) is 5.96 Å². The van der Waals surface area contributed by atoms with Gasteiger partial charge in [-0.05, 0) is 35.6 Å². The summed E-state index contributed by atoms with van der Waals surface area (Å²) < 4.78 is 55.0. The summed E-state index contributed by atoms with van der Waals surface area (Å²) in [7, 11) is 1.67. The Hall–Kier alpha value is -4.43. The number of benzene rings is 2. The fraction of sp³-hybridized carbons (Fsp3) is 0.355. The topological polar surface area (TPSA) is 143 Å². The second kappa shape index (κ2) is 15.9. The van der Waals surface area contributed by atoms with Crippen LogP contribution in [0.1, 0.15) is 30.4 Å². The zero-order chi connectivity index (χ0) is 35.9. The standard InChI is InChI=1S/C23H19ClF3NO3.C8H10ClN5O3S/c1-22(2)17(12-19(24)23(25,26)27)20(22)21(29)31-18(13-28)14-7-6-10-16(11-14)30-15-8-4-3-5-9-15;1-12-4-17-5-13(8(12)11-14(15)16)3-6-2-10-7(9)18-6/h3-12,17-18,20H,1-2H3;2H,3-5H2,1H3/b19-12-;11-8-/t17-,18+,20-;/m0./s1. The number of alkyl halides is 3. The number of aromatic nitrogens is 1. The van der Waals surface area contributed by atoms with Gasteiger partial charge in [-0.15, -0.1) is 11.3 Å². The zero-order valence-corrected chi connectivity index (χ0v) is 28.5. The Labute approximate surface area is 293 Å². The van der Waals surface area contributed by atoms with Crippen LogP contribution in [0.3, 0.4) is 0 Å². The highest BCUT2D eigenvalue weighted by Crippen LogP contribution is 2.60. The average Bonchev–Trinajstić information content (AvgIpc) is 3.33. The summed E-state index contributed by atoms with van der Waals surface area (Å²) >= 11 is 12.4. The Morgan fingerprint density at radius 2 is 1.96 bits per heavy atom. The first-order valence-corrected chi connectivity index (χ1v) is 15.9. The Morgan fingerprint density at radius 3 is 2.57 bits per heavy atom. The molecular formula is C31H29Cl2F3N6O6S. The van der Waals surface area contributed by atoms with E-state index in [0.29, 0.717) is 28.1 Å². The largest absolute Gasteiger partial charge is 0.457 e. The molecule has 3 atom stereocenters. The van der Waals surface area contributed by atoms with Crippen LogP contribution >= 0.6 is 34.5 Å². The van der Waals surface area contributed by atoms with Crippen LogP contribution in [0, 0.1) is 38.7 Å². The van der Waals surface area contributed by atoms with Crippen molar-refractivity contribution >= 4 is 46.5 Å². The lowest BCUT2D eigenvalue weighted by molar-refractivity contribution is -0.486. The summed E-state index contributed by atoms with van der Waals surface area (Å²) in [6, 6.07) is 17.4. The minimum atomic E-state index is -4.68. The Morgan fingerprint density at radius 1 is 1.27 bits per heavy atom. The zero-order valence-electron chi connectivity index (χ0n) is 26.1. The summed E-state index contributed by atoms with van der Waals surface area (Å²) in [5, 5.41) is 21.4. The minimum absolute atomic E-state index is 0.243. The van der Waals surface area contributed by atoms with Crippen molar-refractivity contribution in [2.45, 2.75) is 32.7 Å². The molecule has 2 heterocycles. The molecule has 5 rings (SSSR count). The van der Waals surface area contributed by atoms with Gasteiger partial charge in [0.05, 0.1) is 12.5 Å². The first-order valence-electron chi connectivity index (χ1n) is 14.3. The number of halogens is 5. The van der Waals surface area contributed by atoms with Crippen LogP contribution in [0.25, 0.3) is 0 Å². The van der Waals surface area contributed by atoms with Gasteiger partial charge in [0, 0.05) is 23.7 Å². The van der Waals surface area contributed by atoms with Gasteiger partial charge in [-0.1, -0.05) is 73.5 Å². The molecule has 12 nitrogen and oxygen atoms in total. The van der Waals surface area contributed by atoms with E-state index in [0.717, 1.165) is 11.0 Å². The third-order valence-electron chi connectivity index (χ3n) is 7.45. The van der Waals surface area contributed by atoms with Crippen LogP contribution in [-0.4, -0.2) is 58.4 Å². The molecule has 0 spiro atoms. The van der Waals surface area contributed by atoms with E-state index in [1.54, 1.807) is 73.3 Å². The molecule has 0 N–H and O–H groups in total. The van der Waals surface area contributed by atoms with Crippen molar-refractivity contribution in [3.63, 3.8) is 0 Å². The summed E-state index contributed by atoms with van der Waals surface area (Å²) in [5.74, 6) is -1.01. The van der Waals surface area contributed by atoms with Gasteiger partial charge in [-0.3, -0.25) is 4.79 Å². The number of allylic oxidation sites excluding steroid dienone is 2. The average molecular weight is 742 g/mol. The van der Waals surface area contributed by atoms with E-state index in [1.165, 1.54) is 11.3 Å².